The lowest BCUT2D eigenvalue weighted by atomic mass is 10.2. The molecule has 10 nitrogen and oxygen atoms in total. The quantitative estimate of drug-likeness (QED) is 0.178. The van der Waals surface area contributed by atoms with E-state index >= 15 is 0 Å². The van der Waals surface area contributed by atoms with Gasteiger partial charge in [-0.1, -0.05) is 0 Å². The molecule has 0 unspecified atom stereocenters. The first-order valence-corrected chi connectivity index (χ1v) is 10.9. The lowest BCUT2D eigenvalue weighted by molar-refractivity contribution is 0.0706. The highest BCUT2D eigenvalue weighted by atomic mass is 32.1. The van der Waals surface area contributed by atoms with Gasteiger partial charge in [-0.25, -0.2) is 15.4 Å². The monoisotopic (exact) mass is 466 g/mol. The molecular formula is C22H22N6O4S. The number of carbonyl (C=O) groups excluding carboxylic acids is 2. The number of amides is 2. The van der Waals surface area contributed by atoms with Crippen LogP contribution in [0, 0.1) is 6.92 Å². The van der Waals surface area contributed by atoms with Crippen molar-refractivity contribution in [2.24, 2.45) is 0 Å². The molecule has 1 aromatic carbocycles. The van der Waals surface area contributed by atoms with Crippen molar-refractivity contribution in [3.63, 3.8) is 0 Å². The van der Waals surface area contributed by atoms with Gasteiger partial charge in [0.05, 0.1) is 18.0 Å². The van der Waals surface area contributed by atoms with Crippen LogP contribution in [0.25, 0.3) is 17.0 Å². The summed E-state index contributed by atoms with van der Waals surface area (Å²) in [7, 11) is 1.58. The fourth-order valence-electron chi connectivity index (χ4n) is 3.31. The molecular weight excluding hydrogens is 444 g/mol. The second-order valence-corrected chi connectivity index (χ2v) is 7.98. The lowest BCUT2D eigenvalue weighted by Crippen LogP contribution is -2.26. The maximum absolute atomic E-state index is 12.3. The summed E-state index contributed by atoms with van der Waals surface area (Å²) in [4.78, 5) is 33.0. The van der Waals surface area contributed by atoms with E-state index in [0.29, 0.717) is 35.1 Å². The van der Waals surface area contributed by atoms with Crippen molar-refractivity contribution in [3.05, 3.63) is 64.8 Å². The maximum Gasteiger partial charge on any atom is 0.274 e. The average Bonchev–Trinajstić information content (AvgIpc) is 3.41. The van der Waals surface area contributed by atoms with Gasteiger partial charge in [0.2, 0.25) is 0 Å². The number of benzene rings is 1. The van der Waals surface area contributed by atoms with E-state index in [2.05, 4.69) is 20.6 Å². The molecule has 3 aromatic heterocycles. The Morgan fingerprint density at radius 2 is 1.91 bits per heavy atom. The Morgan fingerprint density at radius 3 is 2.64 bits per heavy atom. The summed E-state index contributed by atoms with van der Waals surface area (Å²) in [5.41, 5.74) is 6.27. The first-order chi connectivity index (χ1) is 16.0. The van der Waals surface area contributed by atoms with E-state index in [9.17, 15) is 9.59 Å². The van der Waals surface area contributed by atoms with Crippen LogP contribution < -0.4 is 16.1 Å². The Bertz CT molecular complexity index is 1300. The SMILES string of the molecule is COCCNC(=O)c1ccn2c(-c3csc(Nc4ccc(C(=O)NO)cc4)n3)c(C)nc2c1. The van der Waals surface area contributed by atoms with E-state index in [1.165, 1.54) is 11.3 Å². The number of nitrogens with one attached hydrogen (secondary N) is 3. The van der Waals surface area contributed by atoms with E-state index in [-0.39, 0.29) is 5.91 Å². The van der Waals surface area contributed by atoms with Gasteiger partial charge >= 0.3 is 0 Å². The van der Waals surface area contributed by atoms with Crippen molar-refractivity contribution in [2.75, 3.05) is 25.6 Å². The molecule has 0 aliphatic rings. The molecule has 4 rings (SSSR count). The second-order valence-electron chi connectivity index (χ2n) is 7.12. The van der Waals surface area contributed by atoms with E-state index in [4.69, 9.17) is 9.94 Å². The van der Waals surface area contributed by atoms with Crippen molar-refractivity contribution in [2.45, 2.75) is 6.92 Å². The molecule has 3 heterocycles. The predicted molar refractivity (Wildman–Crippen MR) is 124 cm³/mol. The van der Waals surface area contributed by atoms with Gasteiger partial charge in [-0.15, -0.1) is 11.3 Å². The van der Waals surface area contributed by atoms with Crippen LogP contribution >= 0.6 is 11.3 Å². The van der Waals surface area contributed by atoms with Gasteiger partial charge in [0, 0.05) is 42.0 Å². The smallest absolute Gasteiger partial charge is 0.274 e. The van der Waals surface area contributed by atoms with E-state index < -0.39 is 5.91 Å². The Balaban J connectivity index is 1.54. The minimum absolute atomic E-state index is 0.181. The molecule has 0 spiro atoms. The highest BCUT2D eigenvalue weighted by Crippen LogP contribution is 2.30. The number of hydrogen-bond acceptors (Lipinski definition) is 8. The summed E-state index contributed by atoms with van der Waals surface area (Å²) >= 11 is 1.44. The molecule has 4 N–H and O–H groups in total. The normalized spacial score (nSPS) is 10.9. The third-order valence-electron chi connectivity index (χ3n) is 4.90. The highest BCUT2D eigenvalue weighted by Gasteiger charge is 2.16. The Labute approximate surface area is 193 Å². The summed E-state index contributed by atoms with van der Waals surface area (Å²) in [6, 6.07) is 10.1. The fourth-order valence-corrected chi connectivity index (χ4v) is 4.03. The molecule has 33 heavy (non-hydrogen) atoms. The maximum atomic E-state index is 12.3. The van der Waals surface area contributed by atoms with Crippen molar-refractivity contribution >= 4 is 39.6 Å². The minimum Gasteiger partial charge on any atom is -0.383 e. The first-order valence-electron chi connectivity index (χ1n) is 10.0. The summed E-state index contributed by atoms with van der Waals surface area (Å²) in [6.07, 6.45) is 1.81. The number of rotatable bonds is 8. The number of aromatic nitrogens is 3. The van der Waals surface area contributed by atoms with E-state index in [1.54, 1.807) is 49.0 Å². The van der Waals surface area contributed by atoms with Gasteiger partial charge in [0.1, 0.15) is 11.3 Å². The zero-order chi connectivity index (χ0) is 23.4. The van der Waals surface area contributed by atoms with Gasteiger partial charge in [0.25, 0.3) is 11.8 Å². The number of anilines is 2. The largest absolute Gasteiger partial charge is 0.383 e. The third-order valence-corrected chi connectivity index (χ3v) is 5.66. The Morgan fingerprint density at radius 1 is 1.12 bits per heavy atom. The number of hydroxylamine groups is 1. The first kappa shape index (κ1) is 22.4. The van der Waals surface area contributed by atoms with Gasteiger partial charge in [0.15, 0.2) is 5.13 Å². The van der Waals surface area contributed by atoms with Crippen molar-refractivity contribution in [3.8, 4) is 11.4 Å². The summed E-state index contributed by atoms with van der Waals surface area (Å²) in [6.45, 7) is 2.78. The van der Waals surface area contributed by atoms with Gasteiger partial charge < -0.3 is 15.4 Å². The molecule has 0 saturated heterocycles. The van der Waals surface area contributed by atoms with Gasteiger partial charge in [-0.3, -0.25) is 19.2 Å². The Hall–Kier alpha value is -3.80. The van der Waals surface area contributed by atoms with Crippen molar-refractivity contribution in [1.82, 2.24) is 25.2 Å². The number of fused-ring (bicyclic) bond motifs is 1. The van der Waals surface area contributed by atoms with Crippen LogP contribution in [0.15, 0.2) is 48.0 Å². The van der Waals surface area contributed by atoms with Crippen LogP contribution in [0.5, 0.6) is 0 Å². The van der Waals surface area contributed by atoms with Crippen molar-refractivity contribution in [1.29, 1.82) is 0 Å². The molecule has 0 radical (unpaired) electrons. The van der Waals surface area contributed by atoms with Gasteiger partial charge in [-0.2, -0.15) is 0 Å². The van der Waals surface area contributed by atoms with Gasteiger partial charge in [-0.05, 0) is 43.3 Å². The zero-order valence-corrected chi connectivity index (χ0v) is 18.8. The van der Waals surface area contributed by atoms with Crippen LogP contribution in [0.3, 0.4) is 0 Å². The molecule has 0 aliphatic carbocycles. The molecule has 0 saturated carbocycles. The van der Waals surface area contributed by atoms with Crippen LogP contribution in [-0.4, -0.2) is 51.7 Å². The zero-order valence-electron chi connectivity index (χ0n) is 18.0. The number of aryl methyl sites for hydroxylation is 1. The number of imidazole rings is 1. The van der Waals surface area contributed by atoms with Crippen LogP contribution in [0.2, 0.25) is 0 Å². The molecule has 0 fully saturated rings. The molecule has 0 bridgehead atoms. The fraction of sp³-hybridized carbons (Fsp3) is 0.182. The van der Waals surface area contributed by atoms with Crippen LogP contribution in [0.4, 0.5) is 10.8 Å². The third kappa shape index (κ3) is 4.85. The van der Waals surface area contributed by atoms with Crippen molar-refractivity contribution < 1.29 is 19.5 Å². The molecule has 2 amide bonds. The minimum atomic E-state index is -0.572. The number of methoxy groups -OCH3 is 1. The predicted octanol–water partition coefficient (Wildman–Crippen LogP) is 3.01. The standard InChI is InChI=1S/C22H22N6O4S/c1-13-19(28-9-7-15(11-18(28)24-13)20(29)23-8-10-32-2)17-12-33-22(26-17)25-16-5-3-14(4-6-16)21(30)27-31/h3-7,9,11-12,31H,8,10H2,1-2H3,(H,23,29)(H,25,26)(H,27,30). The average molecular weight is 467 g/mol. The molecule has 0 atom stereocenters. The number of pyridine rings is 1. The van der Waals surface area contributed by atoms with E-state index in [0.717, 1.165) is 22.8 Å². The van der Waals surface area contributed by atoms with Crippen LogP contribution in [0.1, 0.15) is 26.4 Å². The summed E-state index contributed by atoms with van der Waals surface area (Å²) < 4.78 is 6.86. The number of ether oxygens (including phenoxy) is 1. The summed E-state index contributed by atoms with van der Waals surface area (Å²) in [5, 5.41) is 17.3. The lowest BCUT2D eigenvalue weighted by Gasteiger charge is -2.06. The number of carbonyl (C=O) groups is 2. The van der Waals surface area contributed by atoms with E-state index in [1.807, 2.05) is 22.9 Å². The second kappa shape index (κ2) is 9.77. The Kier molecular flexibility index (Phi) is 6.63. The molecule has 11 heteroatoms. The number of nitrogens with zero attached hydrogens (tertiary/aromatic N) is 3. The molecule has 4 aromatic rings. The highest BCUT2D eigenvalue weighted by molar-refractivity contribution is 7.14. The topological polar surface area (TPSA) is 130 Å². The van der Waals surface area contributed by atoms with Crippen LogP contribution in [-0.2, 0) is 4.74 Å². The number of thiazole rings is 1. The number of hydrogen-bond donors (Lipinski definition) is 4. The molecule has 170 valence electrons. The molecule has 0 aliphatic heterocycles. The summed E-state index contributed by atoms with van der Waals surface area (Å²) in [5.74, 6) is -0.754.